The molecule has 0 aromatic carbocycles. The molecular weight excluding hydrogens is 240 g/mol. The molecule has 92 valence electrons. The van der Waals surface area contributed by atoms with Gasteiger partial charge in [-0.2, -0.15) is 0 Å². The highest BCUT2D eigenvalue weighted by atomic mass is 32.1. The van der Waals surface area contributed by atoms with Crippen LogP contribution in [0.1, 0.15) is 38.9 Å². The van der Waals surface area contributed by atoms with Crippen LogP contribution in [-0.2, 0) is 6.42 Å². The van der Waals surface area contributed by atoms with E-state index in [9.17, 15) is 0 Å². The lowest BCUT2D eigenvalue weighted by molar-refractivity contribution is 0.688. The zero-order valence-electron chi connectivity index (χ0n) is 10.7. The van der Waals surface area contributed by atoms with E-state index >= 15 is 0 Å². The molecule has 3 rings (SSSR count). The molecule has 0 fully saturated rings. The van der Waals surface area contributed by atoms with E-state index in [0.29, 0.717) is 5.92 Å². The van der Waals surface area contributed by atoms with Crippen molar-refractivity contribution in [2.24, 2.45) is 0 Å². The molecule has 18 heavy (non-hydrogen) atoms. The number of nitrogens with one attached hydrogen (secondary N) is 1. The normalized spacial score (nSPS) is 18.8. The van der Waals surface area contributed by atoms with Gasteiger partial charge in [-0.1, -0.05) is 0 Å². The highest BCUT2D eigenvalue weighted by Gasteiger charge is 2.26. The van der Waals surface area contributed by atoms with Crippen molar-refractivity contribution in [3.63, 3.8) is 0 Å². The van der Waals surface area contributed by atoms with Crippen LogP contribution in [0.5, 0.6) is 0 Å². The van der Waals surface area contributed by atoms with Crippen LogP contribution >= 0.6 is 11.3 Å². The van der Waals surface area contributed by atoms with Gasteiger partial charge < -0.3 is 5.41 Å². The van der Waals surface area contributed by atoms with E-state index in [1.807, 2.05) is 23.6 Å². The minimum Gasteiger partial charge on any atom is -0.305 e. The van der Waals surface area contributed by atoms with Crippen molar-refractivity contribution in [1.29, 1.82) is 5.41 Å². The van der Waals surface area contributed by atoms with E-state index in [2.05, 4.69) is 31.0 Å². The molecule has 2 nitrogen and oxygen atoms in total. The Morgan fingerprint density at radius 1 is 1.22 bits per heavy atom. The lowest BCUT2D eigenvalue weighted by Gasteiger charge is -2.24. The Bertz CT molecular complexity index is 613. The second kappa shape index (κ2) is 4.32. The van der Waals surface area contributed by atoms with Crippen LogP contribution in [0.25, 0.3) is 0 Å². The Kier molecular flexibility index (Phi) is 2.78. The van der Waals surface area contributed by atoms with Crippen LogP contribution < -0.4 is 0 Å². The summed E-state index contributed by atoms with van der Waals surface area (Å²) in [7, 11) is 0. The number of rotatable bonds is 1. The van der Waals surface area contributed by atoms with Gasteiger partial charge in [0, 0.05) is 33.1 Å². The quantitative estimate of drug-likeness (QED) is 0.826. The molecule has 0 saturated carbocycles. The van der Waals surface area contributed by atoms with Crippen molar-refractivity contribution in [2.45, 2.75) is 32.6 Å². The lowest BCUT2D eigenvalue weighted by Crippen LogP contribution is -2.20. The van der Waals surface area contributed by atoms with Gasteiger partial charge in [0.2, 0.25) is 0 Å². The molecule has 1 unspecified atom stereocenters. The van der Waals surface area contributed by atoms with Gasteiger partial charge in [-0.15, -0.1) is 11.3 Å². The largest absolute Gasteiger partial charge is 0.305 e. The maximum atomic E-state index is 8.26. The van der Waals surface area contributed by atoms with Crippen LogP contribution in [0.15, 0.2) is 24.4 Å². The zero-order valence-corrected chi connectivity index (χ0v) is 11.5. The number of hydrogen-bond acceptors (Lipinski definition) is 3. The fraction of sp³-hybridized carbons (Fsp3) is 0.333. The topological polar surface area (TPSA) is 36.7 Å². The van der Waals surface area contributed by atoms with Gasteiger partial charge >= 0.3 is 0 Å². The molecule has 1 aliphatic carbocycles. The van der Waals surface area contributed by atoms with E-state index in [-0.39, 0.29) is 0 Å². The van der Waals surface area contributed by atoms with Crippen LogP contribution in [0.3, 0.4) is 0 Å². The van der Waals surface area contributed by atoms with Crippen LogP contribution in [-0.4, -0.2) is 10.7 Å². The van der Waals surface area contributed by atoms with E-state index in [0.717, 1.165) is 29.8 Å². The first-order valence-electron chi connectivity index (χ1n) is 6.24. The third-order valence-electron chi connectivity index (χ3n) is 3.59. The summed E-state index contributed by atoms with van der Waals surface area (Å²) in [4.78, 5) is 7.22. The molecular formula is C15H16N2S. The highest BCUT2D eigenvalue weighted by molar-refractivity contribution is 7.12. The average Bonchev–Trinajstić information content (AvgIpc) is 2.75. The monoisotopic (exact) mass is 256 g/mol. The summed E-state index contributed by atoms with van der Waals surface area (Å²) in [5.41, 5.74) is 4.12. The van der Waals surface area contributed by atoms with Gasteiger partial charge in [0.15, 0.2) is 0 Å². The number of pyridine rings is 1. The summed E-state index contributed by atoms with van der Waals surface area (Å²) in [5, 5.41) is 8.26. The lowest BCUT2D eigenvalue weighted by atomic mass is 9.83. The van der Waals surface area contributed by atoms with Gasteiger partial charge in [0.1, 0.15) is 0 Å². The second-order valence-electron chi connectivity index (χ2n) is 4.98. The molecule has 3 heteroatoms. The molecule has 0 saturated heterocycles. The van der Waals surface area contributed by atoms with Crippen LogP contribution in [0, 0.1) is 19.3 Å². The Labute approximate surface area is 111 Å². The van der Waals surface area contributed by atoms with Gasteiger partial charge in [-0.05, 0) is 50.5 Å². The third kappa shape index (κ3) is 1.89. The summed E-state index contributed by atoms with van der Waals surface area (Å²) in [6, 6.07) is 6.38. The first kappa shape index (κ1) is 11.6. The first-order valence-corrected chi connectivity index (χ1v) is 7.05. The maximum absolute atomic E-state index is 8.26. The molecule has 1 atom stereocenters. The molecule has 0 spiro atoms. The minimum atomic E-state index is 0.443. The highest BCUT2D eigenvalue weighted by Crippen LogP contribution is 2.35. The Balaban J connectivity index is 1.99. The zero-order chi connectivity index (χ0) is 12.7. The summed E-state index contributed by atoms with van der Waals surface area (Å²) >= 11 is 1.85. The van der Waals surface area contributed by atoms with Gasteiger partial charge in [0.25, 0.3) is 0 Å². The maximum Gasteiger partial charge on any atom is 0.0503 e. The van der Waals surface area contributed by atoms with Gasteiger partial charge in [0.05, 0.1) is 5.69 Å². The molecule has 2 aromatic rings. The van der Waals surface area contributed by atoms with Crippen molar-refractivity contribution >= 4 is 17.0 Å². The molecule has 0 aliphatic heterocycles. The van der Waals surface area contributed by atoms with Crippen LogP contribution in [0.2, 0.25) is 0 Å². The summed E-state index contributed by atoms with van der Waals surface area (Å²) in [6.45, 7) is 4.21. The first-order chi connectivity index (χ1) is 8.65. The summed E-state index contributed by atoms with van der Waals surface area (Å²) in [6.07, 6.45) is 3.68. The molecule has 0 radical (unpaired) electrons. The molecule has 0 bridgehead atoms. The minimum absolute atomic E-state index is 0.443. The number of hydrogen-bond donors (Lipinski definition) is 1. The molecule has 0 amide bonds. The van der Waals surface area contributed by atoms with E-state index in [1.54, 1.807) is 0 Å². The third-order valence-corrected chi connectivity index (χ3v) is 4.76. The fourth-order valence-corrected chi connectivity index (χ4v) is 3.69. The van der Waals surface area contributed by atoms with Crippen LogP contribution in [0.4, 0.5) is 0 Å². The smallest absolute Gasteiger partial charge is 0.0503 e. The molecule has 1 N–H and O–H groups in total. The predicted octanol–water partition coefficient (Wildman–Crippen LogP) is 3.86. The Morgan fingerprint density at radius 2 is 2.06 bits per heavy atom. The molecule has 2 aromatic heterocycles. The number of nitrogens with zero attached hydrogens (tertiary/aromatic N) is 1. The van der Waals surface area contributed by atoms with Crippen molar-refractivity contribution in [1.82, 2.24) is 4.98 Å². The Morgan fingerprint density at radius 3 is 2.78 bits per heavy atom. The number of aryl methyl sites for hydroxylation is 2. The van der Waals surface area contributed by atoms with Gasteiger partial charge in [-0.3, -0.25) is 4.98 Å². The standard InChI is InChI=1S/C15H16N2S/c1-9-5-6-17-13-8-11(7-12(16)15(9)13)14-4-3-10(2)18-14/h3-6,11,16H,7-8H2,1-2H3. The van der Waals surface area contributed by atoms with Crippen molar-refractivity contribution in [2.75, 3.05) is 0 Å². The number of aromatic nitrogens is 1. The fourth-order valence-electron chi connectivity index (χ4n) is 2.71. The number of fused-ring (bicyclic) bond motifs is 1. The average molecular weight is 256 g/mol. The molecule has 1 aliphatic rings. The number of thiophene rings is 1. The predicted molar refractivity (Wildman–Crippen MR) is 75.9 cm³/mol. The van der Waals surface area contributed by atoms with E-state index in [4.69, 9.17) is 5.41 Å². The summed E-state index contributed by atoms with van der Waals surface area (Å²) in [5.74, 6) is 0.443. The van der Waals surface area contributed by atoms with Crippen molar-refractivity contribution < 1.29 is 0 Å². The second-order valence-corrected chi connectivity index (χ2v) is 6.30. The van der Waals surface area contributed by atoms with E-state index < -0.39 is 0 Å². The summed E-state index contributed by atoms with van der Waals surface area (Å²) < 4.78 is 0. The van der Waals surface area contributed by atoms with Crippen molar-refractivity contribution in [3.8, 4) is 0 Å². The van der Waals surface area contributed by atoms with E-state index in [1.165, 1.54) is 15.3 Å². The Hall–Kier alpha value is -1.48. The molecule has 2 heterocycles. The van der Waals surface area contributed by atoms with Gasteiger partial charge in [-0.25, -0.2) is 0 Å². The SMILES string of the molecule is Cc1ccc(C2CC(=N)c3c(C)ccnc3C2)s1. The van der Waals surface area contributed by atoms with Crippen molar-refractivity contribution in [3.05, 3.63) is 51.0 Å².